The quantitative estimate of drug-likeness (QED) is 0.442. The van der Waals surface area contributed by atoms with Crippen molar-refractivity contribution in [2.45, 2.75) is 18.8 Å². The van der Waals surface area contributed by atoms with Crippen molar-refractivity contribution >= 4 is 17.4 Å². The number of ether oxygens (including phenoxy) is 1. The minimum absolute atomic E-state index is 0.191. The highest BCUT2D eigenvalue weighted by molar-refractivity contribution is 5.67. The normalized spacial score (nSPS) is 15.4. The molecule has 0 aromatic carbocycles. The Morgan fingerprint density at radius 1 is 1.03 bits per heavy atom. The second kappa shape index (κ2) is 7.69. The molecule has 1 atom stereocenters. The molecule has 6 rings (SSSR count). The van der Waals surface area contributed by atoms with Crippen LogP contribution in [0.5, 0.6) is 5.88 Å². The lowest BCUT2D eigenvalue weighted by Gasteiger charge is -2.12. The number of hydrogen-bond acceptors (Lipinski definition) is 8. The first kappa shape index (κ1) is 19.4. The first-order valence-electron chi connectivity index (χ1n) is 10.7. The molecule has 0 fully saturated rings. The smallest absolute Gasteiger partial charge is 0.228 e. The average Bonchev–Trinajstić information content (AvgIpc) is 3.51. The van der Waals surface area contributed by atoms with Crippen LogP contribution in [-0.4, -0.2) is 50.7 Å². The topological polar surface area (TPSA) is 113 Å². The van der Waals surface area contributed by atoms with Gasteiger partial charge in [0, 0.05) is 55.8 Å². The van der Waals surface area contributed by atoms with Gasteiger partial charge in [-0.2, -0.15) is 10.2 Å². The summed E-state index contributed by atoms with van der Waals surface area (Å²) < 4.78 is 11.8. The molecule has 0 aliphatic carbocycles. The van der Waals surface area contributed by atoms with Crippen molar-refractivity contribution < 1.29 is 4.74 Å². The van der Waals surface area contributed by atoms with E-state index >= 15 is 0 Å². The van der Waals surface area contributed by atoms with E-state index in [0.717, 1.165) is 53.0 Å². The van der Waals surface area contributed by atoms with Crippen LogP contribution in [0.15, 0.2) is 48.9 Å². The highest BCUT2D eigenvalue weighted by atomic mass is 16.5. The molecule has 1 aliphatic heterocycles. The molecule has 0 bridgehead atoms. The Bertz CT molecular complexity index is 1450. The summed E-state index contributed by atoms with van der Waals surface area (Å²) in [5.41, 5.74) is 3.54. The van der Waals surface area contributed by atoms with Crippen molar-refractivity contribution in [2.75, 3.05) is 11.9 Å². The maximum Gasteiger partial charge on any atom is 0.228 e. The van der Waals surface area contributed by atoms with E-state index in [2.05, 4.69) is 35.7 Å². The predicted molar refractivity (Wildman–Crippen MR) is 120 cm³/mol. The highest BCUT2D eigenvalue weighted by Gasteiger charge is 2.26. The molecule has 11 heteroatoms. The lowest BCUT2D eigenvalue weighted by molar-refractivity contribution is 0.296. The number of aromatic nitrogens is 9. The van der Waals surface area contributed by atoms with Gasteiger partial charge in [0.2, 0.25) is 11.8 Å². The van der Waals surface area contributed by atoms with Gasteiger partial charge in [0.15, 0.2) is 5.65 Å². The molecule has 166 valence electrons. The van der Waals surface area contributed by atoms with E-state index in [9.17, 15) is 0 Å². The third kappa shape index (κ3) is 3.47. The fourth-order valence-electron chi connectivity index (χ4n) is 4.20. The number of hydrogen-bond donors (Lipinski definition) is 1. The van der Waals surface area contributed by atoms with E-state index in [0.29, 0.717) is 12.6 Å². The highest BCUT2D eigenvalue weighted by Crippen LogP contribution is 2.33. The van der Waals surface area contributed by atoms with Crippen molar-refractivity contribution in [3.63, 3.8) is 0 Å². The Morgan fingerprint density at radius 3 is 2.73 bits per heavy atom. The van der Waals surface area contributed by atoms with Gasteiger partial charge in [-0.25, -0.2) is 14.4 Å². The van der Waals surface area contributed by atoms with Crippen LogP contribution in [0.2, 0.25) is 0 Å². The Balaban J connectivity index is 1.36. The summed E-state index contributed by atoms with van der Waals surface area (Å²) in [7, 11) is 3.82. The molecule has 6 heterocycles. The summed E-state index contributed by atoms with van der Waals surface area (Å²) in [4.78, 5) is 9.01. The first-order valence-corrected chi connectivity index (χ1v) is 10.7. The van der Waals surface area contributed by atoms with E-state index in [-0.39, 0.29) is 5.92 Å². The monoisotopic (exact) mass is 442 g/mol. The number of rotatable bonds is 5. The third-order valence-corrected chi connectivity index (χ3v) is 5.97. The van der Waals surface area contributed by atoms with E-state index in [4.69, 9.17) is 4.74 Å². The molecule has 0 unspecified atom stereocenters. The van der Waals surface area contributed by atoms with Gasteiger partial charge >= 0.3 is 0 Å². The van der Waals surface area contributed by atoms with Crippen LogP contribution in [0.25, 0.3) is 16.9 Å². The molecule has 33 heavy (non-hydrogen) atoms. The third-order valence-electron chi connectivity index (χ3n) is 5.97. The van der Waals surface area contributed by atoms with Crippen LogP contribution < -0.4 is 10.1 Å². The largest absolute Gasteiger partial charge is 0.478 e. The van der Waals surface area contributed by atoms with Gasteiger partial charge in [-0.3, -0.25) is 9.36 Å². The average molecular weight is 442 g/mol. The fraction of sp³-hybridized carbons (Fsp3) is 0.273. The Labute approximate surface area is 189 Å². The molecule has 0 saturated heterocycles. The first-order chi connectivity index (χ1) is 16.2. The molecular weight excluding hydrogens is 420 g/mol. The minimum atomic E-state index is 0.191. The van der Waals surface area contributed by atoms with E-state index in [1.54, 1.807) is 17.1 Å². The van der Waals surface area contributed by atoms with Gasteiger partial charge in [-0.05, 0) is 31.0 Å². The van der Waals surface area contributed by atoms with Crippen LogP contribution >= 0.6 is 0 Å². The Morgan fingerprint density at radius 2 is 1.91 bits per heavy atom. The van der Waals surface area contributed by atoms with Crippen LogP contribution in [0.3, 0.4) is 0 Å². The van der Waals surface area contributed by atoms with Gasteiger partial charge in [0.05, 0.1) is 18.5 Å². The van der Waals surface area contributed by atoms with Crippen molar-refractivity contribution in [1.82, 2.24) is 44.1 Å². The van der Waals surface area contributed by atoms with Gasteiger partial charge < -0.3 is 10.1 Å². The molecule has 0 amide bonds. The zero-order valence-electron chi connectivity index (χ0n) is 18.3. The fourth-order valence-corrected chi connectivity index (χ4v) is 4.20. The lowest BCUT2D eigenvalue weighted by atomic mass is 9.99. The Kier molecular flexibility index (Phi) is 4.52. The molecule has 1 aliphatic rings. The zero-order valence-corrected chi connectivity index (χ0v) is 18.3. The molecule has 0 radical (unpaired) electrons. The van der Waals surface area contributed by atoms with Crippen LogP contribution in [0.4, 0.5) is 11.8 Å². The van der Waals surface area contributed by atoms with Gasteiger partial charge in [0.25, 0.3) is 0 Å². The summed E-state index contributed by atoms with van der Waals surface area (Å²) in [6.45, 7) is 0.599. The van der Waals surface area contributed by atoms with E-state index in [1.807, 2.05) is 59.7 Å². The molecule has 5 aromatic rings. The van der Waals surface area contributed by atoms with Gasteiger partial charge in [0.1, 0.15) is 11.6 Å². The number of nitrogens with zero attached hydrogens (tertiary/aromatic N) is 9. The molecule has 11 nitrogen and oxygen atoms in total. The van der Waals surface area contributed by atoms with Crippen LogP contribution in [0, 0.1) is 0 Å². The second-order valence-electron chi connectivity index (χ2n) is 8.05. The summed E-state index contributed by atoms with van der Waals surface area (Å²) in [6.07, 6.45) is 6.94. The number of nitrogens with one attached hydrogen (secondary N) is 1. The summed E-state index contributed by atoms with van der Waals surface area (Å²) in [5, 5.41) is 20.6. The number of aryl methyl sites for hydroxylation is 2. The summed E-state index contributed by atoms with van der Waals surface area (Å²) >= 11 is 0. The second-order valence-corrected chi connectivity index (χ2v) is 8.05. The Hall–Kier alpha value is -4.28. The van der Waals surface area contributed by atoms with Crippen LogP contribution in [-0.2, 0) is 20.5 Å². The zero-order chi connectivity index (χ0) is 22.4. The predicted octanol–water partition coefficient (Wildman–Crippen LogP) is 2.51. The number of anilines is 2. The maximum absolute atomic E-state index is 6.14. The molecule has 5 aromatic heterocycles. The lowest BCUT2D eigenvalue weighted by Crippen LogP contribution is -2.10. The molecule has 1 N–H and O–H groups in total. The van der Waals surface area contributed by atoms with Crippen molar-refractivity contribution in [1.29, 1.82) is 0 Å². The molecule has 0 saturated carbocycles. The summed E-state index contributed by atoms with van der Waals surface area (Å²) in [6, 6.07) is 9.74. The van der Waals surface area contributed by atoms with E-state index in [1.165, 1.54) is 0 Å². The van der Waals surface area contributed by atoms with Gasteiger partial charge in [-0.15, -0.1) is 10.2 Å². The van der Waals surface area contributed by atoms with Crippen molar-refractivity contribution in [3.8, 4) is 17.1 Å². The minimum Gasteiger partial charge on any atom is -0.478 e. The van der Waals surface area contributed by atoms with E-state index < -0.39 is 0 Å². The van der Waals surface area contributed by atoms with Crippen LogP contribution in [0.1, 0.15) is 23.9 Å². The maximum atomic E-state index is 6.14. The van der Waals surface area contributed by atoms with Crippen molar-refractivity contribution in [2.24, 2.45) is 14.1 Å². The number of pyridine rings is 1. The van der Waals surface area contributed by atoms with Gasteiger partial charge in [-0.1, -0.05) is 0 Å². The van der Waals surface area contributed by atoms with Crippen molar-refractivity contribution in [3.05, 3.63) is 60.4 Å². The molecule has 0 spiro atoms. The SMILES string of the molecule is Cn1nccc1C[C@@H]1CCOc2cc(-c3ccnc(Nc4ccnn4C)n3)cc3nnc1n23. The summed E-state index contributed by atoms with van der Waals surface area (Å²) in [5.74, 6) is 3.11. The standard InChI is InChI=1S/C22H22N10O/c1-30-16(3-8-24-30)11-14-6-10-33-20-13-15(12-19-28-29-21(14)32(19)20)17-4-7-23-22(26-17)27-18-5-9-25-31(18)2/h3-5,7-9,12-14H,6,10-11H2,1-2H3,(H,23,26,27)/t14-/m0/s1. The molecular formula is C22H22N10O.